The van der Waals surface area contributed by atoms with Gasteiger partial charge in [0.1, 0.15) is 5.60 Å². The number of hydrogen-bond acceptors (Lipinski definition) is 3. The predicted molar refractivity (Wildman–Crippen MR) is 44.5 cm³/mol. The molecule has 1 fully saturated rings. The van der Waals surface area contributed by atoms with E-state index in [4.69, 9.17) is 4.74 Å². The van der Waals surface area contributed by atoms with Crippen LogP contribution in [0, 0.1) is 11.8 Å². The molecule has 1 heterocycles. The Morgan fingerprint density at radius 1 is 1.42 bits per heavy atom. The molecule has 70 valence electrons. The molecule has 0 bridgehead atoms. The monoisotopic (exact) mass is 172 g/mol. The van der Waals surface area contributed by atoms with E-state index in [1.807, 2.05) is 20.8 Å². The molecule has 0 aromatic heterocycles. The molecule has 1 aliphatic rings. The third kappa shape index (κ3) is 1.33. The van der Waals surface area contributed by atoms with Crippen molar-refractivity contribution in [2.24, 2.45) is 11.8 Å². The zero-order valence-corrected chi connectivity index (χ0v) is 8.00. The van der Waals surface area contributed by atoms with E-state index < -0.39 is 17.6 Å². The van der Waals surface area contributed by atoms with Gasteiger partial charge in [0.25, 0.3) is 0 Å². The Kier molecular flexibility index (Phi) is 2.17. The number of aliphatic hydroxyl groups is 1. The number of carbonyl (C=O) groups is 1. The third-order valence-electron chi connectivity index (χ3n) is 2.86. The fourth-order valence-electron chi connectivity index (χ4n) is 1.43. The molecule has 0 aromatic rings. The van der Waals surface area contributed by atoms with Crippen molar-refractivity contribution in [2.45, 2.75) is 39.4 Å². The van der Waals surface area contributed by atoms with Gasteiger partial charge in [0.15, 0.2) is 0 Å². The van der Waals surface area contributed by atoms with E-state index in [9.17, 15) is 9.90 Å². The van der Waals surface area contributed by atoms with Crippen molar-refractivity contribution >= 4 is 5.97 Å². The second-order valence-electron chi connectivity index (χ2n) is 4.09. The molecule has 1 rings (SSSR count). The zero-order chi connectivity index (χ0) is 9.52. The van der Waals surface area contributed by atoms with E-state index in [1.54, 1.807) is 6.92 Å². The standard InChI is InChI=1S/C9H16O3/c1-5-7(10)6(2)9(3,4)12-8(5)11/h5-7,10H,1-4H3. The SMILES string of the molecule is CC1C(=O)OC(C)(C)C(C)C1O. The molecule has 0 aliphatic carbocycles. The van der Waals surface area contributed by atoms with Gasteiger partial charge < -0.3 is 9.84 Å². The number of rotatable bonds is 0. The van der Waals surface area contributed by atoms with Gasteiger partial charge in [-0.15, -0.1) is 0 Å². The molecule has 3 nitrogen and oxygen atoms in total. The van der Waals surface area contributed by atoms with Crippen LogP contribution < -0.4 is 0 Å². The second kappa shape index (κ2) is 2.73. The molecule has 0 radical (unpaired) electrons. The van der Waals surface area contributed by atoms with Crippen LogP contribution in [0.3, 0.4) is 0 Å². The van der Waals surface area contributed by atoms with Gasteiger partial charge in [-0.2, -0.15) is 0 Å². The molecular formula is C9H16O3. The number of carbonyl (C=O) groups excluding carboxylic acids is 1. The fourth-order valence-corrected chi connectivity index (χ4v) is 1.43. The van der Waals surface area contributed by atoms with Crippen molar-refractivity contribution in [2.75, 3.05) is 0 Å². The lowest BCUT2D eigenvalue weighted by atomic mass is 9.79. The highest BCUT2D eigenvalue weighted by atomic mass is 16.6. The average molecular weight is 172 g/mol. The van der Waals surface area contributed by atoms with E-state index in [1.165, 1.54) is 0 Å². The lowest BCUT2D eigenvalue weighted by molar-refractivity contribution is -0.193. The van der Waals surface area contributed by atoms with Crippen molar-refractivity contribution in [3.63, 3.8) is 0 Å². The molecule has 0 saturated carbocycles. The van der Waals surface area contributed by atoms with Gasteiger partial charge in [-0.05, 0) is 20.8 Å². The van der Waals surface area contributed by atoms with Crippen molar-refractivity contribution < 1.29 is 14.6 Å². The maximum Gasteiger partial charge on any atom is 0.311 e. The minimum absolute atomic E-state index is 0.00907. The highest BCUT2D eigenvalue weighted by Gasteiger charge is 2.45. The van der Waals surface area contributed by atoms with Crippen LogP contribution in [0.4, 0.5) is 0 Å². The Morgan fingerprint density at radius 3 is 2.42 bits per heavy atom. The van der Waals surface area contributed by atoms with Crippen LogP contribution in [0.2, 0.25) is 0 Å². The highest BCUT2D eigenvalue weighted by molar-refractivity contribution is 5.74. The second-order valence-corrected chi connectivity index (χ2v) is 4.09. The van der Waals surface area contributed by atoms with E-state index in [2.05, 4.69) is 0 Å². The van der Waals surface area contributed by atoms with Gasteiger partial charge in [-0.25, -0.2) is 0 Å². The van der Waals surface area contributed by atoms with Gasteiger partial charge in [0, 0.05) is 5.92 Å². The summed E-state index contributed by atoms with van der Waals surface area (Å²) in [6.45, 7) is 7.24. The van der Waals surface area contributed by atoms with Gasteiger partial charge in [0.2, 0.25) is 0 Å². The minimum atomic E-state index is -0.582. The molecule has 1 saturated heterocycles. The van der Waals surface area contributed by atoms with Crippen molar-refractivity contribution in [3.8, 4) is 0 Å². The van der Waals surface area contributed by atoms with Gasteiger partial charge >= 0.3 is 5.97 Å². The molecule has 3 heteroatoms. The summed E-state index contributed by atoms with van der Waals surface area (Å²) < 4.78 is 5.17. The lowest BCUT2D eigenvalue weighted by Crippen LogP contribution is -2.52. The summed E-state index contributed by atoms with van der Waals surface area (Å²) in [6.07, 6.45) is -0.582. The zero-order valence-electron chi connectivity index (χ0n) is 8.00. The molecule has 3 atom stereocenters. The minimum Gasteiger partial charge on any atom is -0.459 e. The number of aliphatic hydroxyl groups excluding tert-OH is 1. The summed E-state index contributed by atoms with van der Waals surface area (Å²) in [6, 6.07) is 0. The highest BCUT2D eigenvalue weighted by Crippen LogP contribution is 2.33. The molecule has 0 aromatic carbocycles. The molecule has 0 spiro atoms. The van der Waals surface area contributed by atoms with Crippen LogP contribution in [-0.2, 0) is 9.53 Å². The first-order chi connectivity index (χ1) is 5.36. The predicted octanol–water partition coefficient (Wildman–Crippen LogP) is 0.955. The first-order valence-corrected chi connectivity index (χ1v) is 4.27. The topological polar surface area (TPSA) is 46.5 Å². The molecule has 0 amide bonds. The van der Waals surface area contributed by atoms with E-state index in [0.29, 0.717) is 0 Å². The summed E-state index contributed by atoms with van der Waals surface area (Å²) in [5.41, 5.74) is -0.539. The molecule has 1 aliphatic heterocycles. The summed E-state index contributed by atoms with van der Waals surface area (Å²) >= 11 is 0. The van der Waals surface area contributed by atoms with E-state index in [0.717, 1.165) is 0 Å². The largest absolute Gasteiger partial charge is 0.459 e. The molecule has 1 N–H and O–H groups in total. The van der Waals surface area contributed by atoms with Gasteiger partial charge in [-0.3, -0.25) is 4.79 Å². The van der Waals surface area contributed by atoms with Gasteiger partial charge in [0.05, 0.1) is 12.0 Å². The Hall–Kier alpha value is -0.570. The first kappa shape index (κ1) is 9.52. The quantitative estimate of drug-likeness (QED) is 0.553. The normalized spacial score (nSPS) is 40.8. The van der Waals surface area contributed by atoms with Crippen LogP contribution >= 0.6 is 0 Å². The van der Waals surface area contributed by atoms with E-state index in [-0.39, 0.29) is 11.9 Å². The first-order valence-electron chi connectivity index (χ1n) is 4.27. The van der Waals surface area contributed by atoms with Crippen molar-refractivity contribution in [3.05, 3.63) is 0 Å². The Bertz CT molecular complexity index is 198. The van der Waals surface area contributed by atoms with Crippen molar-refractivity contribution in [1.82, 2.24) is 0 Å². The molecule has 12 heavy (non-hydrogen) atoms. The smallest absolute Gasteiger partial charge is 0.311 e. The fraction of sp³-hybridized carbons (Fsp3) is 0.889. The molecular weight excluding hydrogens is 156 g/mol. The summed E-state index contributed by atoms with van der Waals surface area (Å²) in [4.78, 5) is 11.2. The lowest BCUT2D eigenvalue weighted by Gasteiger charge is -2.41. The summed E-state index contributed by atoms with van der Waals surface area (Å²) in [5.74, 6) is -0.705. The summed E-state index contributed by atoms with van der Waals surface area (Å²) in [5, 5.41) is 9.65. The molecule has 3 unspecified atom stereocenters. The Labute approximate surface area is 72.7 Å². The Morgan fingerprint density at radius 2 is 1.92 bits per heavy atom. The van der Waals surface area contributed by atoms with Crippen LogP contribution in [0.15, 0.2) is 0 Å². The maximum absolute atomic E-state index is 11.2. The number of cyclic esters (lactones) is 1. The maximum atomic E-state index is 11.2. The van der Waals surface area contributed by atoms with E-state index >= 15 is 0 Å². The van der Waals surface area contributed by atoms with Crippen molar-refractivity contribution in [1.29, 1.82) is 0 Å². The number of hydrogen-bond donors (Lipinski definition) is 1. The number of ether oxygens (including phenoxy) is 1. The van der Waals surface area contributed by atoms with Crippen LogP contribution in [0.1, 0.15) is 27.7 Å². The van der Waals surface area contributed by atoms with Crippen LogP contribution in [0.5, 0.6) is 0 Å². The van der Waals surface area contributed by atoms with Crippen LogP contribution in [0.25, 0.3) is 0 Å². The third-order valence-corrected chi connectivity index (χ3v) is 2.86. The Balaban J connectivity index is 2.85. The number of esters is 1. The van der Waals surface area contributed by atoms with Gasteiger partial charge in [-0.1, -0.05) is 6.92 Å². The van der Waals surface area contributed by atoms with Crippen LogP contribution in [-0.4, -0.2) is 22.8 Å². The average Bonchev–Trinajstić information content (AvgIpc) is 1.97. The summed E-state index contributed by atoms with van der Waals surface area (Å²) in [7, 11) is 0.